The lowest BCUT2D eigenvalue weighted by molar-refractivity contribution is 0.0660. The standard InChI is InChI=1S/C9H8N2O3/c12-9(13)8-7(2-5-14-8)6-11-4-1-3-10-11/h1-5H,6H2,(H,12,13). The minimum Gasteiger partial charge on any atom is -0.475 e. The first-order chi connectivity index (χ1) is 6.77. The molecule has 2 heterocycles. The predicted molar refractivity (Wildman–Crippen MR) is 47.0 cm³/mol. The minimum absolute atomic E-state index is 0.0273. The topological polar surface area (TPSA) is 68.3 Å². The molecule has 2 aromatic rings. The van der Waals surface area contributed by atoms with Crippen LogP contribution in [0.15, 0.2) is 35.2 Å². The Hall–Kier alpha value is -2.04. The summed E-state index contributed by atoms with van der Waals surface area (Å²) < 4.78 is 6.47. The number of hydrogen-bond acceptors (Lipinski definition) is 3. The van der Waals surface area contributed by atoms with Gasteiger partial charge in [-0.3, -0.25) is 4.68 Å². The van der Waals surface area contributed by atoms with Crippen molar-refractivity contribution in [2.45, 2.75) is 6.54 Å². The van der Waals surface area contributed by atoms with Gasteiger partial charge in [-0.1, -0.05) is 0 Å². The number of nitrogens with zero attached hydrogens (tertiary/aromatic N) is 2. The number of rotatable bonds is 3. The maximum Gasteiger partial charge on any atom is 0.372 e. The van der Waals surface area contributed by atoms with Crippen molar-refractivity contribution in [2.75, 3.05) is 0 Å². The Morgan fingerprint density at radius 3 is 3.14 bits per heavy atom. The van der Waals surface area contributed by atoms with Gasteiger partial charge in [0, 0.05) is 18.0 Å². The van der Waals surface area contributed by atoms with Gasteiger partial charge in [-0.25, -0.2) is 4.79 Å². The molecule has 0 aromatic carbocycles. The predicted octanol–water partition coefficient (Wildman–Crippen LogP) is 1.22. The van der Waals surface area contributed by atoms with E-state index in [4.69, 9.17) is 9.52 Å². The number of carboxylic acids is 1. The Morgan fingerprint density at radius 2 is 2.50 bits per heavy atom. The molecule has 0 amide bonds. The highest BCUT2D eigenvalue weighted by Crippen LogP contribution is 2.11. The van der Waals surface area contributed by atoms with Crippen molar-refractivity contribution in [1.82, 2.24) is 9.78 Å². The van der Waals surface area contributed by atoms with E-state index in [1.807, 2.05) is 0 Å². The van der Waals surface area contributed by atoms with Crippen molar-refractivity contribution in [3.63, 3.8) is 0 Å². The summed E-state index contributed by atoms with van der Waals surface area (Å²) in [6, 6.07) is 3.41. The van der Waals surface area contributed by atoms with Crippen LogP contribution in [0.3, 0.4) is 0 Å². The SMILES string of the molecule is O=C(O)c1occc1Cn1cccn1. The lowest BCUT2D eigenvalue weighted by atomic mass is 10.2. The molecular weight excluding hydrogens is 184 g/mol. The van der Waals surface area contributed by atoms with Crippen LogP contribution < -0.4 is 0 Å². The molecule has 0 radical (unpaired) electrons. The van der Waals surface area contributed by atoms with E-state index in [2.05, 4.69) is 5.10 Å². The van der Waals surface area contributed by atoms with Gasteiger partial charge in [-0.15, -0.1) is 0 Å². The van der Waals surface area contributed by atoms with Gasteiger partial charge < -0.3 is 9.52 Å². The van der Waals surface area contributed by atoms with E-state index in [0.29, 0.717) is 12.1 Å². The zero-order valence-corrected chi connectivity index (χ0v) is 7.25. The largest absolute Gasteiger partial charge is 0.475 e. The number of carboxylic acid groups (broad SMARTS) is 1. The van der Waals surface area contributed by atoms with Crippen molar-refractivity contribution in [1.29, 1.82) is 0 Å². The molecule has 0 unspecified atom stereocenters. The summed E-state index contributed by atoms with van der Waals surface area (Å²) in [6.07, 6.45) is 4.77. The van der Waals surface area contributed by atoms with Crippen LogP contribution in [0.2, 0.25) is 0 Å². The molecule has 0 aliphatic carbocycles. The van der Waals surface area contributed by atoms with E-state index in [-0.39, 0.29) is 5.76 Å². The lowest BCUT2D eigenvalue weighted by Gasteiger charge is -1.98. The summed E-state index contributed by atoms with van der Waals surface area (Å²) in [5.74, 6) is -1.09. The van der Waals surface area contributed by atoms with Crippen LogP contribution in [-0.4, -0.2) is 20.9 Å². The van der Waals surface area contributed by atoms with Crippen LogP contribution >= 0.6 is 0 Å². The first-order valence-corrected chi connectivity index (χ1v) is 4.04. The molecule has 0 spiro atoms. The highest BCUT2D eigenvalue weighted by atomic mass is 16.4. The number of hydrogen-bond donors (Lipinski definition) is 1. The fraction of sp³-hybridized carbons (Fsp3) is 0.111. The summed E-state index contributed by atoms with van der Waals surface area (Å²) in [5.41, 5.74) is 0.612. The quantitative estimate of drug-likeness (QED) is 0.793. The molecule has 0 saturated heterocycles. The number of aromatic carboxylic acids is 1. The summed E-state index contributed by atoms with van der Waals surface area (Å²) in [6.45, 7) is 0.408. The highest BCUT2D eigenvalue weighted by molar-refractivity contribution is 5.86. The van der Waals surface area contributed by atoms with E-state index in [1.165, 1.54) is 6.26 Å². The molecular formula is C9H8N2O3. The molecule has 0 saturated carbocycles. The second-order valence-electron chi connectivity index (χ2n) is 2.78. The average Bonchev–Trinajstić information content (AvgIpc) is 2.75. The van der Waals surface area contributed by atoms with Crippen LogP contribution in [0.5, 0.6) is 0 Å². The molecule has 72 valence electrons. The third kappa shape index (κ3) is 1.52. The van der Waals surface area contributed by atoms with Crippen molar-refractivity contribution >= 4 is 5.97 Å². The Bertz CT molecular complexity index is 431. The number of aromatic nitrogens is 2. The minimum atomic E-state index is -1.06. The molecule has 14 heavy (non-hydrogen) atoms. The molecule has 0 bridgehead atoms. The number of furan rings is 1. The van der Waals surface area contributed by atoms with Gasteiger partial charge >= 0.3 is 5.97 Å². The molecule has 0 atom stereocenters. The maximum atomic E-state index is 10.7. The van der Waals surface area contributed by atoms with Crippen molar-refractivity contribution < 1.29 is 14.3 Å². The first-order valence-electron chi connectivity index (χ1n) is 4.04. The van der Waals surface area contributed by atoms with Crippen molar-refractivity contribution in [2.24, 2.45) is 0 Å². The molecule has 2 aromatic heterocycles. The van der Waals surface area contributed by atoms with E-state index in [1.54, 1.807) is 29.2 Å². The van der Waals surface area contributed by atoms with Gasteiger partial charge in [0.1, 0.15) is 0 Å². The molecule has 0 fully saturated rings. The molecule has 5 heteroatoms. The fourth-order valence-corrected chi connectivity index (χ4v) is 1.22. The Balaban J connectivity index is 2.25. The second-order valence-corrected chi connectivity index (χ2v) is 2.78. The highest BCUT2D eigenvalue weighted by Gasteiger charge is 2.13. The Labute approximate surface area is 79.6 Å². The molecule has 0 aliphatic rings. The van der Waals surface area contributed by atoms with Gasteiger partial charge in [-0.05, 0) is 12.1 Å². The van der Waals surface area contributed by atoms with Gasteiger partial charge in [0.05, 0.1) is 12.8 Å². The molecule has 1 N–H and O–H groups in total. The Morgan fingerprint density at radius 1 is 1.64 bits per heavy atom. The van der Waals surface area contributed by atoms with Crippen LogP contribution in [0, 0.1) is 0 Å². The van der Waals surface area contributed by atoms with Gasteiger partial charge in [-0.2, -0.15) is 5.10 Å². The normalized spacial score (nSPS) is 10.3. The van der Waals surface area contributed by atoms with E-state index in [0.717, 1.165) is 0 Å². The maximum absolute atomic E-state index is 10.7. The summed E-state index contributed by atoms with van der Waals surface area (Å²) in [4.78, 5) is 10.7. The zero-order chi connectivity index (χ0) is 9.97. The van der Waals surface area contributed by atoms with Crippen LogP contribution in [-0.2, 0) is 6.54 Å². The van der Waals surface area contributed by atoms with E-state index < -0.39 is 5.97 Å². The van der Waals surface area contributed by atoms with E-state index in [9.17, 15) is 4.79 Å². The van der Waals surface area contributed by atoms with Crippen LogP contribution in [0.4, 0.5) is 0 Å². The smallest absolute Gasteiger partial charge is 0.372 e. The van der Waals surface area contributed by atoms with Gasteiger partial charge in [0.25, 0.3) is 0 Å². The van der Waals surface area contributed by atoms with Gasteiger partial charge in [0.15, 0.2) is 0 Å². The van der Waals surface area contributed by atoms with Crippen molar-refractivity contribution in [3.05, 3.63) is 42.1 Å². The van der Waals surface area contributed by atoms with Crippen molar-refractivity contribution in [3.8, 4) is 0 Å². The van der Waals surface area contributed by atoms with Gasteiger partial charge in [0.2, 0.25) is 5.76 Å². The second kappa shape index (κ2) is 3.37. The summed E-state index contributed by atoms with van der Waals surface area (Å²) in [7, 11) is 0. The lowest BCUT2D eigenvalue weighted by Crippen LogP contribution is -2.04. The first kappa shape index (κ1) is 8.55. The monoisotopic (exact) mass is 192 g/mol. The van der Waals surface area contributed by atoms with Crippen LogP contribution in [0.1, 0.15) is 16.1 Å². The molecule has 2 rings (SSSR count). The average molecular weight is 192 g/mol. The van der Waals surface area contributed by atoms with Crippen LogP contribution in [0.25, 0.3) is 0 Å². The molecule has 5 nitrogen and oxygen atoms in total. The zero-order valence-electron chi connectivity index (χ0n) is 7.25. The summed E-state index contributed by atoms with van der Waals surface area (Å²) in [5, 5.41) is 12.7. The number of carbonyl (C=O) groups is 1. The summed E-state index contributed by atoms with van der Waals surface area (Å²) >= 11 is 0. The molecule has 0 aliphatic heterocycles. The fourth-order valence-electron chi connectivity index (χ4n) is 1.22. The third-order valence-corrected chi connectivity index (χ3v) is 1.83. The van der Waals surface area contributed by atoms with E-state index >= 15 is 0 Å². The third-order valence-electron chi connectivity index (χ3n) is 1.83. The Kier molecular flexibility index (Phi) is 2.06.